The van der Waals surface area contributed by atoms with Gasteiger partial charge in [-0.15, -0.1) is 0 Å². The Kier molecular flexibility index (Phi) is 5.34. The summed E-state index contributed by atoms with van der Waals surface area (Å²) in [6, 6.07) is -1.28. The number of nitrogens with one attached hydrogen (secondary N) is 2. The van der Waals surface area contributed by atoms with E-state index in [0.717, 1.165) is 4.90 Å². The van der Waals surface area contributed by atoms with Crippen LogP contribution in [0.15, 0.2) is 24.8 Å². The number of amides is 1. The molecule has 34 heavy (non-hydrogen) atoms. The molecule has 0 radical (unpaired) electrons. The average Bonchev–Trinajstić information content (AvgIpc) is 3.17. The number of rotatable bonds is 6. The third-order valence-corrected chi connectivity index (χ3v) is 6.35. The Morgan fingerprint density at radius 1 is 1.35 bits per heavy atom. The molecule has 3 heterocycles. The van der Waals surface area contributed by atoms with E-state index in [-0.39, 0.29) is 39.7 Å². The quantitative estimate of drug-likeness (QED) is 0.386. The molecule has 5 rings (SSSR count). The molecule has 1 unspecified atom stereocenters. The van der Waals surface area contributed by atoms with Crippen LogP contribution in [0.1, 0.15) is 13.3 Å². The summed E-state index contributed by atoms with van der Waals surface area (Å²) >= 11 is 6.39. The highest BCUT2D eigenvalue weighted by atomic mass is 35.5. The van der Waals surface area contributed by atoms with E-state index in [1.54, 1.807) is 4.40 Å². The number of carbonyl (C=O) groups is 1. The molecule has 4 aromatic rings. The summed E-state index contributed by atoms with van der Waals surface area (Å²) in [7, 11) is 1.35. The summed E-state index contributed by atoms with van der Waals surface area (Å²) in [4.78, 5) is 21.6. The SMILES string of the molecule is CC(C(F)F)N(C)c1c(F)c(Cl)c(-c2cn3cc(NC(=O)[C@@H]4C[C@@H]4F)nc3cn2)c2cn[nH]c12. The number of anilines is 2. The fourth-order valence-electron chi connectivity index (χ4n) is 3.79. The zero-order valence-corrected chi connectivity index (χ0v) is 18.6. The van der Waals surface area contributed by atoms with Gasteiger partial charge in [0.2, 0.25) is 5.91 Å². The molecule has 2 N–H and O–H groups in total. The van der Waals surface area contributed by atoms with Crippen molar-refractivity contribution in [1.82, 2.24) is 24.6 Å². The van der Waals surface area contributed by atoms with Gasteiger partial charge in [0, 0.05) is 24.2 Å². The molecular weight excluding hydrogens is 478 g/mol. The zero-order valence-electron chi connectivity index (χ0n) is 17.9. The van der Waals surface area contributed by atoms with Crippen molar-refractivity contribution in [3.8, 4) is 11.3 Å². The minimum absolute atomic E-state index is 0.131. The van der Waals surface area contributed by atoms with Crippen molar-refractivity contribution in [1.29, 1.82) is 0 Å². The number of alkyl halides is 3. The van der Waals surface area contributed by atoms with Crippen LogP contribution in [-0.4, -0.2) is 56.2 Å². The van der Waals surface area contributed by atoms with Crippen molar-refractivity contribution in [3.05, 3.63) is 35.6 Å². The molecule has 1 aliphatic carbocycles. The maximum Gasteiger partial charge on any atom is 0.258 e. The minimum atomic E-state index is -2.71. The van der Waals surface area contributed by atoms with Crippen LogP contribution < -0.4 is 10.2 Å². The first-order valence-electron chi connectivity index (χ1n) is 10.3. The molecule has 3 aromatic heterocycles. The third kappa shape index (κ3) is 3.61. The third-order valence-electron chi connectivity index (χ3n) is 5.99. The summed E-state index contributed by atoms with van der Waals surface area (Å²) < 4.78 is 56.6. The van der Waals surface area contributed by atoms with E-state index in [1.165, 1.54) is 38.8 Å². The minimum Gasteiger partial charge on any atom is -0.362 e. The predicted molar refractivity (Wildman–Crippen MR) is 119 cm³/mol. The van der Waals surface area contributed by atoms with Gasteiger partial charge in [-0.25, -0.2) is 22.5 Å². The molecule has 178 valence electrons. The molecule has 1 saturated carbocycles. The van der Waals surface area contributed by atoms with Crippen LogP contribution in [-0.2, 0) is 4.79 Å². The van der Waals surface area contributed by atoms with Gasteiger partial charge in [-0.3, -0.25) is 14.9 Å². The summed E-state index contributed by atoms with van der Waals surface area (Å²) in [5.41, 5.74) is 0.921. The van der Waals surface area contributed by atoms with Gasteiger partial charge in [0.1, 0.15) is 11.9 Å². The van der Waals surface area contributed by atoms with E-state index in [4.69, 9.17) is 11.6 Å². The number of halogens is 5. The lowest BCUT2D eigenvalue weighted by Crippen LogP contribution is -2.35. The van der Waals surface area contributed by atoms with Gasteiger partial charge in [0.15, 0.2) is 17.3 Å². The second-order valence-electron chi connectivity index (χ2n) is 8.21. The number of aromatic nitrogens is 5. The first kappa shape index (κ1) is 22.4. The largest absolute Gasteiger partial charge is 0.362 e. The van der Waals surface area contributed by atoms with E-state index in [9.17, 15) is 18.0 Å². The number of H-pyrrole nitrogens is 1. The number of aromatic amines is 1. The molecule has 0 bridgehead atoms. The van der Waals surface area contributed by atoms with E-state index in [0.29, 0.717) is 11.0 Å². The standard InChI is InChI=1S/C21H18ClF4N7O/c1-8(20(25)26)32(2)19-17(24)16(22)15(10-4-28-31-18(10)19)12-6-33-7-13(29-14(33)5-27-12)30-21(34)9-3-11(9)23/h4-9,11,20H,3H2,1-2H3,(H,28,31)(H,30,34)/t8?,9-,11+/m1/s1. The van der Waals surface area contributed by atoms with Gasteiger partial charge in [0.25, 0.3) is 6.43 Å². The maximum atomic E-state index is 15.4. The highest BCUT2D eigenvalue weighted by molar-refractivity contribution is 6.35. The molecule has 1 aromatic carbocycles. The molecule has 0 aliphatic heterocycles. The summed E-state index contributed by atoms with van der Waals surface area (Å²) in [5.74, 6) is -1.80. The second-order valence-corrected chi connectivity index (χ2v) is 8.59. The van der Waals surface area contributed by atoms with Crippen molar-refractivity contribution in [2.75, 3.05) is 17.3 Å². The molecule has 1 aliphatic rings. The normalized spacial score (nSPS) is 18.6. The van der Waals surface area contributed by atoms with Crippen LogP contribution in [0.4, 0.5) is 29.1 Å². The van der Waals surface area contributed by atoms with Crippen LogP contribution in [0, 0.1) is 11.7 Å². The van der Waals surface area contributed by atoms with Gasteiger partial charge >= 0.3 is 0 Å². The number of hydrogen-bond donors (Lipinski definition) is 2. The van der Waals surface area contributed by atoms with Gasteiger partial charge in [-0.2, -0.15) is 5.10 Å². The second kappa shape index (κ2) is 8.12. The van der Waals surface area contributed by atoms with E-state index >= 15 is 4.39 Å². The maximum absolute atomic E-state index is 15.4. The Morgan fingerprint density at radius 2 is 2.09 bits per heavy atom. The van der Waals surface area contributed by atoms with Crippen LogP contribution in [0.5, 0.6) is 0 Å². The van der Waals surface area contributed by atoms with Crippen molar-refractivity contribution >= 4 is 45.6 Å². The Balaban J connectivity index is 1.57. The molecule has 1 amide bonds. The average molecular weight is 496 g/mol. The smallest absolute Gasteiger partial charge is 0.258 e. The lowest BCUT2D eigenvalue weighted by molar-refractivity contribution is -0.117. The van der Waals surface area contributed by atoms with E-state index in [1.807, 2.05) is 0 Å². The van der Waals surface area contributed by atoms with Crippen molar-refractivity contribution in [2.45, 2.75) is 32.0 Å². The van der Waals surface area contributed by atoms with Crippen LogP contribution in [0.2, 0.25) is 5.02 Å². The predicted octanol–water partition coefficient (Wildman–Crippen LogP) is 4.45. The highest BCUT2D eigenvalue weighted by Gasteiger charge is 2.43. The number of fused-ring (bicyclic) bond motifs is 2. The fourth-order valence-corrected chi connectivity index (χ4v) is 4.08. The molecule has 8 nitrogen and oxygen atoms in total. The van der Waals surface area contributed by atoms with Gasteiger partial charge in [-0.1, -0.05) is 11.6 Å². The van der Waals surface area contributed by atoms with Crippen LogP contribution in [0.3, 0.4) is 0 Å². The molecular formula is C21H18ClF4N7O. The van der Waals surface area contributed by atoms with Crippen molar-refractivity contribution in [2.24, 2.45) is 5.92 Å². The van der Waals surface area contributed by atoms with E-state index < -0.39 is 36.3 Å². The highest BCUT2D eigenvalue weighted by Crippen LogP contribution is 2.42. The Bertz CT molecular complexity index is 1420. The van der Waals surface area contributed by atoms with Gasteiger partial charge in [-0.05, 0) is 13.3 Å². The Hall–Kier alpha value is -3.41. The number of nitrogens with zero attached hydrogens (tertiary/aromatic N) is 5. The van der Waals surface area contributed by atoms with Crippen molar-refractivity contribution in [3.63, 3.8) is 0 Å². The van der Waals surface area contributed by atoms with Gasteiger partial charge in [0.05, 0.1) is 46.8 Å². The summed E-state index contributed by atoms with van der Waals surface area (Å²) in [6.45, 7) is 1.27. The summed E-state index contributed by atoms with van der Waals surface area (Å²) in [5, 5.41) is 9.26. The van der Waals surface area contributed by atoms with E-state index in [2.05, 4.69) is 25.5 Å². The number of benzene rings is 1. The first-order chi connectivity index (χ1) is 16.2. The van der Waals surface area contributed by atoms with Crippen LogP contribution in [0.25, 0.3) is 27.8 Å². The zero-order chi connectivity index (χ0) is 24.3. The topological polar surface area (TPSA) is 91.2 Å². The van der Waals surface area contributed by atoms with Gasteiger partial charge < -0.3 is 14.6 Å². The number of carbonyl (C=O) groups excluding carboxylic acids is 1. The molecule has 3 atom stereocenters. The fraction of sp³-hybridized carbons (Fsp3) is 0.333. The molecule has 0 saturated heterocycles. The van der Waals surface area contributed by atoms with Crippen molar-refractivity contribution < 1.29 is 22.4 Å². The molecule has 1 fully saturated rings. The molecule has 13 heteroatoms. The number of imidazole rings is 1. The monoisotopic (exact) mass is 495 g/mol. The lowest BCUT2D eigenvalue weighted by atomic mass is 10.0. The lowest BCUT2D eigenvalue weighted by Gasteiger charge is -2.28. The summed E-state index contributed by atoms with van der Waals surface area (Å²) in [6.07, 6.45) is 2.20. The first-order valence-corrected chi connectivity index (χ1v) is 10.7. The van der Waals surface area contributed by atoms with Crippen LogP contribution >= 0.6 is 11.6 Å². The number of hydrogen-bond acceptors (Lipinski definition) is 5. The molecule has 0 spiro atoms. The Labute approximate surface area is 194 Å². The Morgan fingerprint density at radius 3 is 2.76 bits per heavy atom.